The van der Waals surface area contributed by atoms with Crippen LogP contribution in [0.25, 0.3) is 0 Å². The van der Waals surface area contributed by atoms with E-state index >= 15 is 0 Å². The van der Waals surface area contributed by atoms with E-state index in [9.17, 15) is 0 Å². The van der Waals surface area contributed by atoms with Crippen LogP contribution in [0.3, 0.4) is 0 Å². The summed E-state index contributed by atoms with van der Waals surface area (Å²) in [6.07, 6.45) is 13.1. The molecule has 0 radical (unpaired) electrons. The van der Waals surface area contributed by atoms with Gasteiger partial charge >= 0.3 is 0 Å². The van der Waals surface area contributed by atoms with Crippen molar-refractivity contribution >= 4 is 0 Å². The summed E-state index contributed by atoms with van der Waals surface area (Å²) >= 11 is 0. The SMILES string of the molecule is C/C=C1/C=C\C=C/CN\C(C)=C/1CCC. The predicted molar refractivity (Wildman–Crippen MR) is 67.6 cm³/mol. The summed E-state index contributed by atoms with van der Waals surface area (Å²) in [7, 11) is 0. The van der Waals surface area contributed by atoms with Gasteiger partial charge < -0.3 is 5.32 Å². The van der Waals surface area contributed by atoms with E-state index in [1.165, 1.54) is 23.3 Å². The molecule has 0 fully saturated rings. The molecule has 0 unspecified atom stereocenters. The summed E-state index contributed by atoms with van der Waals surface area (Å²) in [6, 6.07) is 0. The van der Waals surface area contributed by atoms with Crippen molar-refractivity contribution in [2.45, 2.75) is 33.6 Å². The van der Waals surface area contributed by atoms with Crippen LogP contribution in [0.4, 0.5) is 0 Å². The third-order valence-electron chi connectivity index (χ3n) is 2.62. The van der Waals surface area contributed by atoms with Gasteiger partial charge in [-0.25, -0.2) is 0 Å². The fraction of sp³-hybridized carbons (Fsp3) is 0.429. The van der Waals surface area contributed by atoms with Gasteiger partial charge in [0.25, 0.3) is 0 Å². The highest BCUT2D eigenvalue weighted by Crippen LogP contribution is 2.21. The van der Waals surface area contributed by atoms with Gasteiger partial charge in [-0.05, 0) is 31.4 Å². The van der Waals surface area contributed by atoms with E-state index in [0.717, 1.165) is 13.0 Å². The second kappa shape index (κ2) is 6.28. The maximum absolute atomic E-state index is 3.44. The smallest absolute Gasteiger partial charge is 0.0330 e. The van der Waals surface area contributed by atoms with Crippen LogP contribution in [0.5, 0.6) is 0 Å². The minimum Gasteiger partial charge on any atom is -0.385 e. The third-order valence-corrected chi connectivity index (χ3v) is 2.62. The van der Waals surface area contributed by atoms with E-state index in [1.54, 1.807) is 0 Å². The Labute approximate surface area is 93.3 Å². The molecule has 0 bridgehead atoms. The first-order chi connectivity index (χ1) is 7.29. The van der Waals surface area contributed by atoms with Crippen molar-refractivity contribution in [3.05, 3.63) is 47.2 Å². The minimum absolute atomic E-state index is 0.917. The van der Waals surface area contributed by atoms with E-state index in [-0.39, 0.29) is 0 Å². The molecule has 0 atom stereocenters. The topological polar surface area (TPSA) is 12.0 Å². The fourth-order valence-corrected chi connectivity index (χ4v) is 1.79. The Bertz CT molecular complexity index is 316. The van der Waals surface area contributed by atoms with Crippen molar-refractivity contribution in [1.29, 1.82) is 0 Å². The second-order valence-electron chi connectivity index (χ2n) is 3.77. The lowest BCUT2D eigenvalue weighted by molar-refractivity contribution is 0.836. The molecule has 1 heterocycles. The van der Waals surface area contributed by atoms with E-state index in [0.29, 0.717) is 0 Å². The maximum atomic E-state index is 3.44. The predicted octanol–water partition coefficient (Wildman–Crippen LogP) is 3.72. The van der Waals surface area contributed by atoms with Crippen LogP contribution in [0, 0.1) is 0 Å². The normalized spacial score (nSPS) is 28.9. The van der Waals surface area contributed by atoms with Crippen LogP contribution < -0.4 is 5.32 Å². The van der Waals surface area contributed by atoms with Crippen LogP contribution in [-0.2, 0) is 0 Å². The van der Waals surface area contributed by atoms with Crippen LogP contribution >= 0.6 is 0 Å². The molecule has 0 aromatic rings. The molecule has 0 saturated heterocycles. The van der Waals surface area contributed by atoms with Gasteiger partial charge in [-0.15, -0.1) is 0 Å². The number of hydrogen-bond acceptors (Lipinski definition) is 1. The molecule has 1 aliphatic rings. The molecule has 15 heavy (non-hydrogen) atoms. The van der Waals surface area contributed by atoms with Gasteiger partial charge in [0.1, 0.15) is 0 Å². The molecule has 0 aromatic heterocycles. The highest BCUT2D eigenvalue weighted by atomic mass is 14.9. The Morgan fingerprint density at radius 1 is 1.40 bits per heavy atom. The van der Waals surface area contributed by atoms with Gasteiger partial charge in [0.2, 0.25) is 0 Å². The van der Waals surface area contributed by atoms with Gasteiger partial charge in [0.15, 0.2) is 0 Å². The summed E-state index contributed by atoms with van der Waals surface area (Å²) < 4.78 is 0. The molecule has 0 aliphatic carbocycles. The van der Waals surface area contributed by atoms with Crippen molar-refractivity contribution in [2.24, 2.45) is 0 Å². The van der Waals surface area contributed by atoms with Crippen LogP contribution in [0.1, 0.15) is 33.6 Å². The highest BCUT2D eigenvalue weighted by Gasteiger charge is 2.05. The molecule has 1 heteroatoms. The second-order valence-corrected chi connectivity index (χ2v) is 3.77. The van der Waals surface area contributed by atoms with Gasteiger partial charge in [-0.2, -0.15) is 0 Å². The van der Waals surface area contributed by atoms with Crippen molar-refractivity contribution in [3.63, 3.8) is 0 Å². The van der Waals surface area contributed by atoms with Crippen molar-refractivity contribution in [3.8, 4) is 0 Å². The maximum Gasteiger partial charge on any atom is 0.0330 e. The lowest BCUT2D eigenvalue weighted by atomic mass is 9.99. The zero-order chi connectivity index (χ0) is 11.1. The molecule has 1 aliphatic heterocycles. The first-order valence-corrected chi connectivity index (χ1v) is 5.73. The zero-order valence-electron chi connectivity index (χ0n) is 10.0. The number of rotatable bonds is 2. The molecule has 82 valence electrons. The molecule has 1 nitrogen and oxygen atoms in total. The fourth-order valence-electron chi connectivity index (χ4n) is 1.79. The number of allylic oxidation sites excluding steroid dienone is 7. The van der Waals surface area contributed by atoms with E-state index in [4.69, 9.17) is 0 Å². The van der Waals surface area contributed by atoms with Crippen LogP contribution in [-0.4, -0.2) is 6.54 Å². The quantitative estimate of drug-likeness (QED) is 0.721. The molecule has 0 spiro atoms. The van der Waals surface area contributed by atoms with Crippen molar-refractivity contribution < 1.29 is 0 Å². The molecule has 0 aromatic carbocycles. The Balaban J connectivity index is 3.04. The highest BCUT2D eigenvalue weighted by molar-refractivity contribution is 5.43. The largest absolute Gasteiger partial charge is 0.385 e. The average Bonchev–Trinajstić information content (AvgIpc) is 2.32. The van der Waals surface area contributed by atoms with Crippen LogP contribution in [0.15, 0.2) is 47.2 Å². The first-order valence-electron chi connectivity index (χ1n) is 5.73. The van der Waals surface area contributed by atoms with Crippen molar-refractivity contribution in [2.75, 3.05) is 6.54 Å². The lowest BCUT2D eigenvalue weighted by Crippen LogP contribution is -2.13. The van der Waals surface area contributed by atoms with Gasteiger partial charge in [-0.3, -0.25) is 0 Å². The minimum atomic E-state index is 0.917. The van der Waals surface area contributed by atoms with Gasteiger partial charge in [-0.1, -0.05) is 43.7 Å². The summed E-state index contributed by atoms with van der Waals surface area (Å²) in [6.45, 7) is 7.41. The van der Waals surface area contributed by atoms with E-state index < -0.39 is 0 Å². The summed E-state index contributed by atoms with van der Waals surface area (Å²) in [5.41, 5.74) is 4.09. The summed E-state index contributed by atoms with van der Waals surface area (Å²) in [5, 5.41) is 3.44. The zero-order valence-corrected chi connectivity index (χ0v) is 10.0. The molecule has 0 amide bonds. The standard InChI is InChI=1S/C14H21N/c1-4-9-14-12(3)15-11-8-6-7-10-13(14)5-2/h5-8,10,15H,4,9,11H2,1-3H3/b8-6-,10-7-,13-5-,14-12-. The van der Waals surface area contributed by atoms with Gasteiger partial charge in [0, 0.05) is 12.2 Å². The van der Waals surface area contributed by atoms with E-state index in [2.05, 4.69) is 56.5 Å². The van der Waals surface area contributed by atoms with Crippen LogP contribution in [0.2, 0.25) is 0 Å². The number of nitrogens with one attached hydrogen (secondary N) is 1. The molecular weight excluding hydrogens is 182 g/mol. The monoisotopic (exact) mass is 203 g/mol. The average molecular weight is 203 g/mol. The lowest BCUT2D eigenvalue weighted by Gasteiger charge is -2.13. The van der Waals surface area contributed by atoms with E-state index in [1.807, 2.05) is 0 Å². The number of hydrogen-bond donors (Lipinski definition) is 1. The van der Waals surface area contributed by atoms with Gasteiger partial charge in [0.05, 0.1) is 0 Å². The molecule has 0 saturated carbocycles. The Kier molecular flexibility index (Phi) is 4.96. The Hall–Kier alpha value is -1.24. The summed E-state index contributed by atoms with van der Waals surface area (Å²) in [5.74, 6) is 0. The molecule has 1 rings (SSSR count). The molecule has 1 N–H and O–H groups in total. The third kappa shape index (κ3) is 3.43. The Morgan fingerprint density at radius 3 is 2.87 bits per heavy atom. The molecular formula is C14H21N. The Morgan fingerprint density at radius 2 is 2.20 bits per heavy atom. The van der Waals surface area contributed by atoms with Crippen molar-refractivity contribution in [1.82, 2.24) is 5.32 Å². The first kappa shape index (κ1) is 11.8. The summed E-state index contributed by atoms with van der Waals surface area (Å²) in [4.78, 5) is 0.